The van der Waals surface area contributed by atoms with Gasteiger partial charge in [0, 0.05) is 70.9 Å². The minimum absolute atomic E-state index is 0.0667. The fourth-order valence-corrected chi connectivity index (χ4v) is 10.6. The van der Waals surface area contributed by atoms with Gasteiger partial charge in [0.05, 0.1) is 64.9 Å². The average Bonchev–Trinajstić information content (AvgIpc) is 3.90. The van der Waals surface area contributed by atoms with Gasteiger partial charge in [-0.05, 0) is 114 Å². The molecule has 2 N–H and O–H groups in total. The first-order valence-corrected chi connectivity index (χ1v) is 22.2. The van der Waals surface area contributed by atoms with E-state index in [1.54, 1.807) is 0 Å². The van der Waals surface area contributed by atoms with E-state index in [-0.39, 0.29) is 30.8 Å². The molecule has 10 heterocycles. The number of likely N-dealkylation sites (N-methyl/N-ethyl adjacent to an activating group) is 1. The van der Waals surface area contributed by atoms with Gasteiger partial charge >= 0.3 is 0 Å². The van der Waals surface area contributed by atoms with E-state index in [9.17, 15) is 5.11 Å². The van der Waals surface area contributed by atoms with E-state index in [0.29, 0.717) is 0 Å². The Balaban J connectivity index is 0.937. The van der Waals surface area contributed by atoms with Crippen molar-refractivity contribution in [2.24, 2.45) is 0 Å². The summed E-state index contributed by atoms with van der Waals surface area (Å²) in [6.45, 7) is 11.6. The number of aromatic nitrogens is 6. The van der Waals surface area contributed by atoms with E-state index < -0.39 is 0 Å². The number of aryl methyl sites for hydroxylation is 2. The molecule has 314 valence electrons. The normalized spacial score (nSPS) is 23.6. The van der Waals surface area contributed by atoms with Crippen LogP contribution in [0.2, 0.25) is 0 Å². The van der Waals surface area contributed by atoms with Gasteiger partial charge in [-0.25, -0.2) is 9.97 Å². The SMILES string of the molecule is Cc1cccnc1[C@@H]1CCC[C@H](c2cn3c(N4CCN(c5ccc(N6CCN(C)CC6)n6c(CO)c([C@H]7CCC[C@@H](c8ncccc8C)N7C)nc56)CC4)cccc3n2)N1. The van der Waals surface area contributed by atoms with Crippen LogP contribution in [0.25, 0.3) is 11.3 Å². The Kier molecular flexibility index (Phi) is 10.7. The number of fused-ring (bicyclic) bond motifs is 2. The smallest absolute Gasteiger partial charge is 0.162 e. The second-order valence-corrected chi connectivity index (χ2v) is 17.6. The minimum Gasteiger partial charge on any atom is -0.390 e. The largest absolute Gasteiger partial charge is 0.390 e. The Hall–Kier alpha value is -5.08. The van der Waals surface area contributed by atoms with Gasteiger partial charge in [0.25, 0.3) is 0 Å². The number of rotatable bonds is 8. The van der Waals surface area contributed by atoms with Crippen LogP contribution in [-0.4, -0.2) is 110 Å². The molecule has 4 saturated heterocycles. The van der Waals surface area contributed by atoms with Crippen molar-refractivity contribution in [3.05, 3.63) is 113 Å². The van der Waals surface area contributed by atoms with Crippen molar-refractivity contribution in [3.8, 4) is 0 Å². The molecule has 4 aliphatic rings. The van der Waals surface area contributed by atoms with Gasteiger partial charge < -0.3 is 30.0 Å². The molecule has 13 heteroatoms. The standard InChI is InChI=1S/C47H60N12O/c1-32-10-8-20-48-44(32)35-13-5-12-34(50-35)36-30-58-41(51-36)16-7-17-42(58)56-28-26-55(27-29-56)39-18-19-43(57-24-22-53(3)23-25-57)59-40(31-60)46(52-47(39)59)38-15-6-14-37(54(38)4)45-33(2)11-9-21-49-45/h7-11,16-21,30,34-35,37-38,50,60H,5-6,12-15,22-29,31H2,1-4H3/t34-,35+,37+,38-/m1/s1. The number of likely N-dealkylation sites (tertiary alicyclic amines) is 1. The van der Waals surface area contributed by atoms with E-state index in [4.69, 9.17) is 19.9 Å². The van der Waals surface area contributed by atoms with Gasteiger partial charge in [0.2, 0.25) is 0 Å². The maximum absolute atomic E-state index is 11.3. The van der Waals surface area contributed by atoms with E-state index in [1.165, 1.54) is 16.9 Å². The molecule has 4 fully saturated rings. The average molecular weight is 809 g/mol. The lowest BCUT2D eigenvalue weighted by Crippen LogP contribution is -2.47. The van der Waals surface area contributed by atoms with Crippen molar-refractivity contribution in [1.29, 1.82) is 0 Å². The molecule has 0 aromatic carbocycles. The van der Waals surface area contributed by atoms with E-state index in [1.807, 2.05) is 24.5 Å². The molecule has 4 aliphatic heterocycles. The summed E-state index contributed by atoms with van der Waals surface area (Å²) in [5, 5.41) is 15.2. The van der Waals surface area contributed by atoms with Gasteiger partial charge in [-0.2, -0.15) is 0 Å². The predicted octanol–water partition coefficient (Wildman–Crippen LogP) is 6.41. The van der Waals surface area contributed by atoms with Crippen molar-refractivity contribution in [2.75, 3.05) is 81.2 Å². The molecule has 6 aromatic rings. The van der Waals surface area contributed by atoms with Crippen LogP contribution in [0.15, 0.2) is 73.2 Å². The number of piperazine rings is 2. The first-order chi connectivity index (χ1) is 29.4. The number of nitrogens with one attached hydrogen (secondary N) is 1. The second-order valence-electron chi connectivity index (χ2n) is 17.6. The molecule has 60 heavy (non-hydrogen) atoms. The lowest BCUT2D eigenvalue weighted by atomic mass is 9.90. The zero-order valence-corrected chi connectivity index (χ0v) is 35.7. The summed E-state index contributed by atoms with van der Waals surface area (Å²) in [4.78, 5) is 32.7. The summed E-state index contributed by atoms with van der Waals surface area (Å²) >= 11 is 0. The highest BCUT2D eigenvalue weighted by atomic mass is 16.3. The third-order valence-corrected chi connectivity index (χ3v) is 14.0. The molecule has 0 bridgehead atoms. The zero-order chi connectivity index (χ0) is 40.9. The van der Waals surface area contributed by atoms with Crippen LogP contribution in [0.1, 0.15) is 102 Å². The number of hydrogen-bond acceptors (Lipinski definition) is 11. The Morgan fingerprint density at radius 2 is 1.30 bits per heavy atom. The summed E-state index contributed by atoms with van der Waals surface area (Å²) < 4.78 is 4.60. The first kappa shape index (κ1) is 39.1. The lowest BCUT2D eigenvalue weighted by Gasteiger charge is -2.39. The van der Waals surface area contributed by atoms with Gasteiger partial charge in [0.1, 0.15) is 17.3 Å². The summed E-state index contributed by atoms with van der Waals surface area (Å²) in [7, 11) is 4.42. The maximum Gasteiger partial charge on any atom is 0.162 e. The topological polar surface area (TPSA) is 109 Å². The van der Waals surface area contributed by atoms with Crippen LogP contribution in [0.5, 0.6) is 0 Å². The third kappa shape index (κ3) is 7.08. The molecular weight excluding hydrogens is 749 g/mol. The molecular formula is C47H60N12O. The lowest BCUT2D eigenvalue weighted by molar-refractivity contribution is 0.107. The molecule has 0 amide bonds. The molecule has 0 unspecified atom stereocenters. The summed E-state index contributed by atoms with van der Waals surface area (Å²) in [5.41, 5.74) is 10.8. The molecule has 6 aromatic heterocycles. The fourth-order valence-electron chi connectivity index (χ4n) is 10.6. The van der Waals surface area contributed by atoms with Gasteiger partial charge in [-0.3, -0.25) is 23.7 Å². The molecule has 0 saturated carbocycles. The Labute approximate surface area is 353 Å². The number of nitrogens with zero attached hydrogens (tertiary/aromatic N) is 11. The summed E-state index contributed by atoms with van der Waals surface area (Å²) in [6, 6.07) is 20.2. The molecule has 4 atom stereocenters. The highest BCUT2D eigenvalue weighted by Gasteiger charge is 2.36. The predicted molar refractivity (Wildman–Crippen MR) is 238 cm³/mol. The van der Waals surface area contributed by atoms with Crippen LogP contribution in [0.3, 0.4) is 0 Å². The Bertz CT molecular complexity index is 2460. The van der Waals surface area contributed by atoms with Gasteiger partial charge in [0.15, 0.2) is 5.65 Å². The highest BCUT2D eigenvalue weighted by Crippen LogP contribution is 2.43. The third-order valence-electron chi connectivity index (χ3n) is 14.0. The summed E-state index contributed by atoms with van der Waals surface area (Å²) in [6.07, 6.45) is 12.5. The first-order valence-electron chi connectivity index (χ1n) is 22.2. The van der Waals surface area contributed by atoms with Gasteiger partial charge in [-0.1, -0.05) is 18.2 Å². The van der Waals surface area contributed by atoms with Crippen molar-refractivity contribution < 1.29 is 5.11 Å². The number of anilines is 3. The van der Waals surface area contributed by atoms with Crippen molar-refractivity contribution in [1.82, 2.24) is 43.9 Å². The molecule has 0 radical (unpaired) electrons. The maximum atomic E-state index is 11.3. The monoisotopic (exact) mass is 809 g/mol. The Morgan fingerprint density at radius 1 is 0.650 bits per heavy atom. The summed E-state index contributed by atoms with van der Waals surface area (Å²) in [5.74, 6) is 2.30. The number of pyridine rings is 4. The van der Waals surface area contributed by atoms with Crippen LogP contribution in [-0.2, 0) is 6.61 Å². The highest BCUT2D eigenvalue weighted by molar-refractivity contribution is 5.75. The van der Waals surface area contributed by atoms with E-state index >= 15 is 0 Å². The Morgan fingerprint density at radius 3 is 2.03 bits per heavy atom. The fraction of sp³-hybridized carbons (Fsp3) is 0.489. The molecule has 0 aliphatic carbocycles. The number of hydrogen-bond donors (Lipinski definition) is 2. The number of aliphatic hydroxyl groups is 1. The van der Waals surface area contributed by atoms with Crippen LogP contribution in [0.4, 0.5) is 17.3 Å². The number of piperidine rings is 2. The van der Waals surface area contributed by atoms with Crippen LogP contribution >= 0.6 is 0 Å². The second kappa shape index (κ2) is 16.4. The van der Waals surface area contributed by atoms with Crippen molar-refractivity contribution in [2.45, 2.75) is 83.1 Å². The van der Waals surface area contributed by atoms with Crippen molar-refractivity contribution in [3.63, 3.8) is 0 Å². The van der Waals surface area contributed by atoms with Gasteiger partial charge in [-0.15, -0.1) is 0 Å². The molecule has 0 spiro atoms. The quantitative estimate of drug-likeness (QED) is 0.178. The van der Waals surface area contributed by atoms with Crippen LogP contribution in [0, 0.1) is 13.8 Å². The molecule has 10 rings (SSSR count). The molecule has 13 nitrogen and oxygen atoms in total. The number of aliphatic hydroxyl groups excluding tert-OH is 1. The van der Waals surface area contributed by atoms with E-state index in [2.05, 4.69) is 115 Å². The minimum atomic E-state index is -0.0667. The van der Waals surface area contributed by atoms with E-state index in [0.717, 1.165) is 142 Å². The van der Waals surface area contributed by atoms with Crippen LogP contribution < -0.4 is 20.0 Å². The van der Waals surface area contributed by atoms with Crippen molar-refractivity contribution >= 4 is 28.6 Å². The number of imidazole rings is 2. The zero-order valence-electron chi connectivity index (χ0n) is 35.7.